The molecule has 4 aromatic rings. The maximum Gasteiger partial charge on any atom is 0.257 e. The van der Waals surface area contributed by atoms with Crippen molar-refractivity contribution in [3.05, 3.63) is 82.8 Å². The summed E-state index contributed by atoms with van der Waals surface area (Å²) < 4.78 is 16.3. The van der Waals surface area contributed by atoms with Crippen LogP contribution in [0.3, 0.4) is 0 Å². The molecule has 8 nitrogen and oxygen atoms in total. The molecule has 3 aliphatic rings. The van der Waals surface area contributed by atoms with Gasteiger partial charge >= 0.3 is 0 Å². The number of fused-ring (bicyclic) bond motifs is 3. The number of aromatic nitrogens is 1. The molecule has 1 fully saturated rings. The molecule has 0 radical (unpaired) electrons. The molecule has 1 aliphatic carbocycles. The summed E-state index contributed by atoms with van der Waals surface area (Å²) in [5.74, 6) is 2.18. The molecule has 0 spiro atoms. The van der Waals surface area contributed by atoms with Crippen molar-refractivity contribution in [1.29, 1.82) is 0 Å². The molecule has 2 aliphatic heterocycles. The Morgan fingerprint density at radius 1 is 1.00 bits per heavy atom. The van der Waals surface area contributed by atoms with E-state index in [0.29, 0.717) is 43.0 Å². The Morgan fingerprint density at radius 2 is 1.82 bits per heavy atom. The standard InChI is InChI=1S/C31H31N3O5/c35-26-6-9-33(10-7-26)30-25(14-24-13-21-2-1-3-22(21)15-27(24)32-30)17-34(31(36)23-8-11-37-18-23)16-20-4-5-28-29(12-20)39-19-38-28/h4-5,8,11-15,18,26,35H,1-3,6-7,9-10,16-17,19H2. The minimum absolute atomic E-state index is 0.115. The quantitative estimate of drug-likeness (QED) is 0.385. The van der Waals surface area contributed by atoms with Crippen LogP contribution in [0.25, 0.3) is 10.9 Å². The zero-order valence-electron chi connectivity index (χ0n) is 21.8. The van der Waals surface area contributed by atoms with Crippen molar-refractivity contribution in [2.45, 2.75) is 51.3 Å². The van der Waals surface area contributed by atoms with Crippen LogP contribution in [0.5, 0.6) is 11.5 Å². The van der Waals surface area contributed by atoms with Crippen molar-refractivity contribution in [3.63, 3.8) is 0 Å². The lowest BCUT2D eigenvalue weighted by molar-refractivity contribution is 0.0729. The number of rotatable bonds is 6. The number of aliphatic hydroxyl groups is 1. The first-order valence-electron chi connectivity index (χ1n) is 13.7. The maximum atomic E-state index is 13.7. The zero-order chi connectivity index (χ0) is 26.3. The van der Waals surface area contributed by atoms with Gasteiger partial charge < -0.3 is 28.8 Å². The Hall–Kier alpha value is -4.04. The van der Waals surface area contributed by atoms with Gasteiger partial charge in [0.05, 0.1) is 23.4 Å². The van der Waals surface area contributed by atoms with Gasteiger partial charge in [-0.2, -0.15) is 0 Å². The number of furan rings is 1. The van der Waals surface area contributed by atoms with Crippen molar-refractivity contribution in [2.24, 2.45) is 0 Å². The Balaban J connectivity index is 1.28. The van der Waals surface area contributed by atoms with Gasteiger partial charge in [-0.1, -0.05) is 6.07 Å². The summed E-state index contributed by atoms with van der Waals surface area (Å²) in [5, 5.41) is 11.2. The first kappa shape index (κ1) is 24.0. The van der Waals surface area contributed by atoms with Gasteiger partial charge in [0.25, 0.3) is 5.91 Å². The van der Waals surface area contributed by atoms with E-state index in [1.165, 1.54) is 30.1 Å². The Morgan fingerprint density at radius 3 is 2.64 bits per heavy atom. The van der Waals surface area contributed by atoms with E-state index in [4.69, 9.17) is 18.9 Å². The summed E-state index contributed by atoms with van der Waals surface area (Å²) in [5.41, 5.74) is 6.23. The fraction of sp³-hybridized carbons (Fsp3) is 0.355. The van der Waals surface area contributed by atoms with Crippen LogP contribution in [0.2, 0.25) is 0 Å². The van der Waals surface area contributed by atoms with Crippen LogP contribution in [0.4, 0.5) is 5.82 Å². The maximum absolute atomic E-state index is 13.7. The number of anilines is 1. The van der Waals surface area contributed by atoms with Crippen molar-refractivity contribution in [2.75, 3.05) is 24.8 Å². The molecule has 8 heteroatoms. The summed E-state index contributed by atoms with van der Waals surface area (Å²) in [6.45, 7) is 2.44. The third-order valence-corrected chi connectivity index (χ3v) is 8.08. The van der Waals surface area contributed by atoms with Crippen molar-refractivity contribution in [3.8, 4) is 11.5 Å². The first-order chi connectivity index (χ1) is 19.1. The number of hydrogen-bond acceptors (Lipinski definition) is 7. The van der Waals surface area contributed by atoms with E-state index in [1.54, 1.807) is 6.07 Å². The highest BCUT2D eigenvalue weighted by Gasteiger charge is 2.26. The van der Waals surface area contributed by atoms with Gasteiger partial charge in [-0.15, -0.1) is 0 Å². The molecule has 39 heavy (non-hydrogen) atoms. The number of aryl methyl sites for hydroxylation is 2. The fourth-order valence-corrected chi connectivity index (χ4v) is 5.98. The van der Waals surface area contributed by atoms with E-state index in [9.17, 15) is 9.90 Å². The van der Waals surface area contributed by atoms with Gasteiger partial charge in [0.2, 0.25) is 6.79 Å². The molecule has 1 saturated heterocycles. The molecule has 2 aromatic heterocycles. The summed E-state index contributed by atoms with van der Waals surface area (Å²) in [6.07, 6.45) is 7.52. The first-order valence-corrected chi connectivity index (χ1v) is 13.7. The minimum atomic E-state index is -0.279. The number of pyridine rings is 1. The monoisotopic (exact) mass is 525 g/mol. The van der Waals surface area contributed by atoms with Gasteiger partial charge in [-0.3, -0.25) is 4.79 Å². The largest absolute Gasteiger partial charge is 0.472 e. The Kier molecular flexibility index (Phi) is 6.12. The van der Waals surface area contributed by atoms with Crippen molar-refractivity contribution < 1.29 is 23.8 Å². The highest BCUT2D eigenvalue weighted by atomic mass is 16.7. The Bertz CT molecular complexity index is 1530. The van der Waals surface area contributed by atoms with Crippen LogP contribution >= 0.6 is 0 Å². The predicted molar refractivity (Wildman–Crippen MR) is 146 cm³/mol. The number of nitrogens with zero attached hydrogens (tertiary/aromatic N) is 3. The zero-order valence-corrected chi connectivity index (χ0v) is 21.8. The number of ether oxygens (including phenoxy) is 2. The van der Waals surface area contributed by atoms with Crippen LogP contribution in [-0.2, 0) is 25.9 Å². The molecule has 1 N–H and O–H groups in total. The van der Waals surface area contributed by atoms with E-state index in [1.807, 2.05) is 23.1 Å². The molecule has 0 saturated carbocycles. The number of amides is 1. The van der Waals surface area contributed by atoms with Gasteiger partial charge in [0, 0.05) is 37.1 Å². The van der Waals surface area contributed by atoms with Gasteiger partial charge in [-0.05, 0) is 85.2 Å². The van der Waals surface area contributed by atoms with E-state index in [-0.39, 0.29) is 18.8 Å². The number of carbonyl (C=O) groups is 1. The van der Waals surface area contributed by atoms with Crippen LogP contribution < -0.4 is 14.4 Å². The third-order valence-electron chi connectivity index (χ3n) is 8.08. The molecule has 7 rings (SSSR count). The second-order valence-electron chi connectivity index (χ2n) is 10.7. The average molecular weight is 526 g/mol. The SMILES string of the molecule is O=C(c1ccoc1)N(Cc1ccc2c(c1)OCO2)Cc1cc2cc3c(cc2nc1N1CCC(O)CC1)CCC3. The third kappa shape index (κ3) is 4.69. The molecule has 0 atom stereocenters. The van der Waals surface area contributed by atoms with Crippen LogP contribution in [0, 0.1) is 0 Å². The molecule has 0 unspecified atom stereocenters. The van der Waals surface area contributed by atoms with Crippen molar-refractivity contribution >= 4 is 22.6 Å². The molecular weight excluding hydrogens is 494 g/mol. The van der Waals surface area contributed by atoms with Gasteiger partial charge in [0.1, 0.15) is 12.1 Å². The second-order valence-corrected chi connectivity index (χ2v) is 10.7. The van der Waals surface area contributed by atoms with Crippen LogP contribution in [-0.4, -0.2) is 46.9 Å². The summed E-state index contributed by atoms with van der Waals surface area (Å²) >= 11 is 0. The van der Waals surface area contributed by atoms with E-state index >= 15 is 0 Å². The molecule has 2 aromatic carbocycles. The second kappa shape index (κ2) is 9.93. The lowest BCUT2D eigenvalue weighted by Gasteiger charge is -2.33. The summed E-state index contributed by atoms with van der Waals surface area (Å²) in [7, 11) is 0. The van der Waals surface area contributed by atoms with E-state index in [0.717, 1.165) is 53.8 Å². The highest BCUT2D eigenvalue weighted by molar-refractivity contribution is 5.94. The van der Waals surface area contributed by atoms with E-state index < -0.39 is 0 Å². The summed E-state index contributed by atoms with van der Waals surface area (Å²) in [6, 6.07) is 14.2. The van der Waals surface area contributed by atoms with Crippen molar-refractivity contribution in [1.82, 2.24) is 9.88 Å². The van der Waals surface area contributed by atoms with Crippen LogP contribution in [0.1, 0.15) is 51.9 Å². The summed E-state index contributed by atoms with van der Waals surface area (Å²) in [4.78, 5) is 23.0. The Labute approximate surface area is 226 Å². The number of carbonyl (C=O) groups excluding carboxylic acids is 1. The highest BCUT2D eigenvalue weighted by Crippen LogP contribution is 2.35. The topological polar surface area (TPSA) is 88.3 Å². The lowest BCUT2D eigenvalue weighted by Crippen LogP contribution is -2.38. The van der Waals surface area contributed by atoms with E-state index in [2.05, 4.69) is 23.1 Å². The molecular formula is C31H31N3O5. The molecule has 4 heterocycles. The number of hydrogen-bond donors (Lipinski definition) is 1. The smallest absolute Gasteiger partial charge is 0.257 e. The van der Waals surface area contributed by atoms with Gasteiger partial charge in [-0.25, -0.2) is 4.98 Å². The van der Waals surface area contributed by atoms with Crippen LogP contribution in [0.15, 0.2) is 59.4 Å². The fourth-order valence-electron chi connectivity index (χ4n) is 5.98. The lowest BCUT2D eigenvalue weighted by atomic mass is 10.0. The predicted octanol–water partition coefficient (Wildman–Crippen LogP) is 4.85. The van der Waals surface area contributed by atoms with Gasteiger partial charge in [0.15, 0.2) is 11.5 Å². The minimum Gasteiger partial charge on any atom is -0.472 e. The number of piperidine rings is 1. The molecule has 1 amide bonds. The molecule has 0 bridgehead atoms. The number of benzene rings is 2. The molecule has 200 valence electrons. The average Bonchev–Trinajstić information content (AvgIpc) is 3.73. The normalized spacial score (nSPS) is 16.6. The number of aliphatic hydroxyl groups excluding tert-OH is 1.